The van der Waals surface area contributed by atoms with Gasteiger partial charge in [-0.1, -0.05) is 37.1 Å². The predicted molar refractivity (Wildman–Crippen MR) is 104 cm³/mol. The molecule has 1 saturated carbocycles. The average molecular weight is 365 g/mol. The van der Waals surface area contributed by atoms with Crippen LogP contribution in [0, 0.1) is 0 Å². The Kier molecular flexibility index (Phi) is 6.69. The Morgan fingerprint density at radius 2 is 2.08 bits per heavy atom. The number of nitrogens with one attached hydrogen (secondary N) is 1. The summed E-state index contributed by atoms with van der Waals surface area (Å²) in [5.41, 5.74) is 0.0980. The number of amides is 1. The van der Waals surface area contributed by atoms with Crippen molar-refractivity contribution in [2.75, 3.05) is 13.3 Å². The Hall–Kier alpha value is -1.33. The highest BCUT2D eigenvalue weighted by molar-refractivity contribution is 7.96. The zero-order valence-corrected chi connectivity index (χ0v) is 16.3. The fourth-order valence-electron chi connectivity index (χ4n) is 3.57. The molecule has 2 rings (SSSR count). The third-order valence-electron chi connectivity index (χ3n) is 5.21. The number of nitrogens with zero attached hydrogens (tertiary/aromatic N) is 1. The minimum atomic E-state index is -1.24. The number of hydrogen-bond donors (Lipinski definition) is 1. The van der Waals surface area contributed by atoms with Crippen LogP contribution in [0.25, 0.3) is 0 Å². The number of alkyl halides is 1. The van der Waals surface area contributed by atoms with Gasteiger partial charge in [0.25, 0.3) is 5.91 Å². The largest absolute Gasteiger partial charge is 0.346 e. The van der Waals surface area contributed by atoms with E-state index < -0.39 is 11.2 Å². The van der Waals surface area contributed by atoms with Crippen molar-refractivity contribution >= 4 is 17.9 Å². The summed E-state index contributed by atoms with van der Waals surface area (Å²) in [7, 11) is 2.03. The van der Waals surface area contributed by atoms with Gasteiger partial charge < -0.3 is 5.32 Å². The number of benzene rings is 1. The first kappa shape index (κ1) is 20.0. The molecule has 1 aromatic carbocycles. The van der Waals surface area contributed by atoms with Gasteiger partial charge in [-0.25, -0.2) is 8.70 Å². The van der Waals surface area contributed by atoms with E-state index in [-0.39, 0.29) is 5.91 Å². The zero-order valence-electron chi connectivity index (χ0n) is 15.5. The Labute approximate surface area is 155 Å². The maximum atomic E-state index is 14.8. The van der Waals surface area contributed by atoms with E-state index in [1.165, 1.54) is 0 Å². The summed E-state index contributed by atoms with van der Waals surface area (Å²) in [5, 5.41) is 3.12. The van der Waals surface area contributed by atoms with Crippen molar-refractivity contribution < 1.29 is 9.18 Å². The predicted octanol–water partition coefficient (Wildman–Crippen LogP) is 4.74. The van der Waals surface area contributed by atoms with Gasteiger partial charge in [-0.2, -0.15) is 0 Å². The number of carbonyl (C=O) groups excluding carboxylic acids is 1. The molecule has 1 aliphatic carbocycles. The number of hydrogen-bond acceptors (Lipinski definition) is 3. The van der Waals surface area contributed by atoms with E-state index in [4.69, 9.17) is 0 Å². The van der Waals surface area contributed by atoms with Crippen LogP contribution in [0.15, 0.2) is 36.9 Å². The lowest BCUT2D eigenvalue weighted by atomic mass is 9.90. The normalized spacial score (nSPS) is 26.0. The maximum absolute atomic E-state index is 14.8. The molecule has 2 unspecified atom stereocenters. The molecule has 25 heavy (non-hydrogen) atoms. The van der Waals surface area contributed by atoms with Gasteiger partial charge in [0.2, 0.25) is 0 Å². The number of halogens is 1. The Balaban J connectivity index is 2.04. The van der Waals surface area contributed by atoms with Crippen LogP contribution in [0.2, 0.25) is 0 Å². The minimum absolute atomic E-state index is 0.116. The van der Waals surface area contributed by atoms with Crippen molar-refractivity contribution in [3.8, 4) is 0 Å². The quantitative estimate of drug-likeness (QED) is 0.534. The summed E-state index contributed by atoms with van der Waals surface area (Å²) in [6, 6.07) is 7.66. The molecule has 0 bridgehead atoms. The van der Waals surface area contributed by atoms with Gasteiger partial charge in [0, 0.05) is 24.1 Å². The van der Waals surface area contributed by atoms with Crippen molar-refractivity contribution in [1.29, 1.82) is 0 Å². The van der Waals surface area contributed by atoms with Gasteiger partial charge in [-0.05, 0) is 56.7 Å². The van der Waals surface area contributed by atoms with Gasteiger partial charge in [-0.3, -0.25) is 4.79 Å². The van der Waals surface area contributed by atoms with Gasteiger partial charge >= 0.3 is 0 Å². The molecular weight excluding hydrogens is 335 g/mol. The first-order chi connectivity index (χ1) is 11.9. The SMILES string of the molecule is C=CCC1(F)CCC(CC)(NC(=O)c2ccc(CN(C)SC)cc2)C1. The summed E-state index contributed by atoms with van der Waals surface area (Å²) in [6.07, 6.45) is 6.28. The standard InChI is InChI=1S/C20H29FN2OS/c1-5-11-19(21)12-13-20(6-2,15-19)22-18(24)17-9-7-16(8-10-17)14-23(3)25-4/h5,7-10H,1,6,11-15H2,2-4H3,(H,22,24). The first-order valence-corrected chi connectivity index (χ1v) is 10.00. The molecule has 0 aromatic heterocycles. The van der Waals surface area contributed by atoms with Crippen LogP contribution in [0.3, 0.4) is 0 Å². The molecule has 5 heteroatoms. The topological polar surface area (TPSA) is 32.3 Å². The molecule has 3 nitrogen and oxygen atoms in total. The number of carbonyl (C=O) groups is 1. The molecule has 0 saturated heterocycles. The van der Waals surface area contributed by atoms with Gasteiger partial charge in [-0.15, -0.1) is 6.58 Å². The summed E-state index contributed by atoms with van der Waals surface area (Å²) in [5.74, 6) is -0.116. The second-order valence-corrected chi connectivity index (χ2v) is 8.06. The third kappa shape index (κ3) is 5.08. The van der Waals surface area contributed by atoms with Gasteiger partial charge in [0.05, 0.1) is 0 Å². The Morgan fingerprint density at radius 3 is 2.64 bits per heavy atom. The van der Waals surface area contributed by atoms with Crippen molar-refractivity contribution in [3.05, 3.63) is 48.0 Å². The first-order valence-electron chi connectivity index (χ1n) is 8.82. The second-order valence-electron chi connectivity index (χ2n) is 7.07. The van der Waals surface area contributed by atoms with Crippen molar-refractivity contribution in [1.82, 2.24) is 9.62 Å². The summed E-state index contributed by atoms with van der Waals surface area (Å²) in [6.45, 7) is 6.50. The summed E-state index contributed by atoms with van der Waals surface area (Å²) >= 11 is 1.67. The van der Waals surface area contributed by atoms with Crippen molar-refractivity contribution in [2.45, 2.75) is 56.8 Å². The highest BCUT2D eigenvalue weighted by atomic mass is 32.2. The molecule has 0 spiro atoms. The van der Waals surface area contributed by atoms with Crippen molar-refractivity contribution in [3.63, 3.8) is 0 Å². The zero-order chi connectivity index (χ0) is 18.5. The molecule has 1 N–H and O–H groups in total. The van der Waals surface area contributed by atoms with E-state index in [0.29, 0.717) is 31.2 Å². The third-order valence-corrected chi connectivity index (χ3v) is 5.96. The smallest absolute Gasteiger partial charge is 0.251 e. The molecule has 138 valence electrons. The lowest BCUT2D eigenvalue weighted by molar-refractivity contribution is 0.0878. The van der Waals surface area contributed by atoms with Crippen LogP contribution in [0.4, 0.5) is 4.39 Å². The molecule has 2 atom stereocenters. The van der Waals surface area contributed by atoms with E-state index in [1.807, 2.05) is 44.5 Å². The van der Waals surface area contributed by atoms with E-state index in [1.54, 1.807) is 18.0 Å². The van der Waals surface area contributed by atoms with Crippen LogP contribution in [0.5, 0.6) is 0 Å². The lowest BCUT2D eigenvalue weighted by Crippen LogP contribution is -2.47. The maximum Gasteiger partial charge on any atom is 0.251 e. The Bertz CT molecular complexity index is 606. The molecule has 0 heterocycles. The van der Waals surface area contributed by atoms with Crippen LogP contribution < -0.4 is 5.32 Å². The molecule has 1 aromatic rings. The van der Waals surface area contributed by atoms with Crippen LogP contribution in [-0.4, -0.2) is 34.7 Å². The molecule has 0 radical (unpaired) electrons. The Morgan fingerprint density at radius 1 is 1.40 bits per heavy atom. The van der Waals surface area contributed by atoms with Crippen LogP contribution >= 0.6 is 11.9 Å². The van der Waals surface area contributed by atoms with Gasteiger partial charge in [0.15, 0.2) is 0 Å². The van der Waals surface area contributed by atoms with Crippen molar-refractivity contribution in [2.24, 2.45) is 0 Å². The van der Waals surface area contributed by atoms with E-state index in [9.17, 15) is 9.18 Å². The monoisotopic (exact) mass is 364 g/mol. The second kappa shape index (κ2) is 8.37. The van der Waals surface area contributed by atoms with Crippen LogP contribution in [0.1, 0.15) is 54.9 Å². The molecule has 0 aliphatic heterocycles. The molecule has 1 amide bonds. The molecular formula is C20H29FN2OS. The lowest BCUT2D eigenvalue weighted by Gasteiger charge is -2.30. The molecule has 1 aliphatic rings. The van der Waals surface area contributed by atoms with Crippen LogP contribution in [-0.2, 0) is 6.54 Å². The fourth-order valence-corrected chi connectivity index (χ4v) is 3.85. The minimum Gasteiger partial charge on any atom is -0.346 e. The van der Waals surface area contributed by atoms with E-state index in [2.05, 4.69) is 16.2 Å². The average Bonchev–Trinajstić information content (AvgIpc) is 2.93. The van der Waals surface area contributed by atoms with E-state index in [0.717, 1.165) is 18.5 Å². The molecule has 1 fully saturated rings. The summed E-state index contributed by atoms with van der Waals surface area (Å²) < 4.78 is 17.0. The number of allylic oxidation sites excluding steroid dienone is 1. The highest BCUT2D eigenvalue weighted by Gasteiger charge is 2.47. The number of rotatable bonds is 8. The van der Waals surface area contributed by atoms with Gasteiger partial charge in [0.1, 0.15) is 5.67 Å². The van der Waals surface area contributed by atoms with E-state index >= 15 is 0 Å². The summed E-state index contributed by atoms with van der Waals surface area (Å²) in [4.78, 5) is 12.7. The fraction of sp³-hybridized carbons (Fsp3) is 0.550. The highest BCUT2D eigenvalue weighted by Crippen LogP contribution is 2.44.